The Bertz CT molecular complexity index is 431. The Balaban J connectivity index is 1.98. The van der Waals surface area contributed by atoms with Crippen LogP contribution in [-0.2, 0) is 6.18 Å². The van der Waals surface area contributed by atoms with Gasteiger partial charge < -0.3 is 10.6 Å². The lowest BCUT2D eigenvalue weighted by molar-refractivity contribution is -0.137. The predicted molar refractivity (Wildman–Crippen MR) is 71.0 cm³/mol. The van der Waals surface area contributed by atoms with Gasteiger partial charge in [0.25, 0.3) is 0 Å². The largest absolute Gasteiger partial charge is 0.419 e. The first-order valence-corrected chi connectivity index (χ1v) is 6.93. The van der Waals surface area contributed by atoms with Gasteiger partial charge in [0.05, 0.1) is 5.56 Å². The molecule has 1 unspecified atom stereocenters. The molecular weight excluding hydrogens is 323 g/mol. The fourth-order valence-corrected chi connectivity index (χ4v) is 2.48. The van der Waals surface area contributed by atoms with Crippen LogP contribution in [0, 0.1) is 5.92 Å². The molecule has 106 valence electrons. The van der Waals surface area contributed by atoms with Gasteiger partial charge in [-0.2, -0.15) is 13.2 Å². The number of alkyl halides is 3. The van der Waals surface area contributed by atoms with Crippen molar-refractivity contribution in [1.82, 2.24) is 10.3 Å². The third-order valence-electron chi connectivity index (χ3n) is 3.17. The summed E-state index contributed by atoms with van der Waals surface area (Å²) in [5, 5.41) is 6.03. The second kappa shape index (κ2) is 6.09. The van der Waals surface area contributed by atoms with Gasteiger partial charge in [-0.1, -0.05) is 0 Å². The molecule has 0 aromatic carbocycles. The van der Waals surface area contributed by atoms with Gasteiger partial charge in [0.2, 0.25) is 0 Å². The molecule has 2 rings (SSSR count). The molecule has 1 aromatic heterocycles. The van der Waals surface area contributed by atoms with Gasteiger partial charge in [-0.15, -0.1) is 0 Å². The van der Waals surface area contributed by atoms with Gasteiger partial charge >= 0.3 is 6.18 Å². The fraction of sp³-hybridized carbons (Fsp3) is 0.583. The monoisotopic (exact) mass is 337 g/mol. The Kier molecular flexibility index (Phi) is 4.67. The number of aromatic nitrogens is 1. The molecule has 2 N–H and O–H groups in total. The molecule has 19 heavy (non-hydrogen) atoms. The van der Waals surface area contributed by atoms with E-state index in [1.54, 1.807) is 0 Å². The van der Waals surface area contributed by atoms with Crippen LogP contribution in [0.5, 0.6) is 0 Å². The number of nitrogens with one attached hydrogen (secondary N) is 2. The SMILES string of the molecule is FC(F)(F)c1cc(Br)cnc1NCCC1CCNC1. The minimum atomic E-state index is -4.39. The topological polar surface area (TPSA) is 37.0 Å². The lowest BCUT2D eigenvalue weighted by Gasteiger charge is -2.15. The van der Waals surface area contributed by atoms with Crippen molar-refractivity contribution in [2.24, 2.45) is 5.92 Å². The van der Waals surface area contributed by atoms with Gasteiger partial charge in [0.1, 0.15) is 5.82 Å². The number of rotatable bonds is 4. The Morgan fingerprint density at radius 2 is 2.26 bits per heavy atom. The average Bonchev–Trinajstić information content (AvgIpc) is 2.83. The van der Waals surface area contributed by atoms with Gasteiger partial charge in [-0.05, 0) is 53.8 Å². The quantitative estimate of drug-likeness (QED) is 0.885. The third kappa shape index (κ3) is 4.07. The van der Waals surface area contributed by atoms with Crippen molar-refractivity contribution >= 4 is 21.7 Å². The first-order valence-electron chi connectivity index (χ1n) is 6.14. The minimum absolute atomic E-state index is 0.0957. The molecule has 0 spiro atoms. The highest BCUT2D eigenvalue weighted by Crippen LogP contribution is 2.35. The summed E-state index contributed by atoms with van der Waals surface area (Å²) in [6, 6.07) is 1.05. The summed E-state index contributed by atoms with van der Waals surface area (Å²) in [7, 11) is 0. The van der Waals surface area contributed by atoms with E-state index in [9.17, 15) is 13.2 Å². The van der Waals surface area contributed by atoms with Crippen molar-refractivity contribution in [2.45, 2.75) is 19.0 Å². The number of pyridine rings is 1. The maximum absolute atomic E-state index is 12.8. The lowest BCUT2D eigenvalue weighted by Crippen LogP contribution is -2.16. The van der Waals surface area contributed by atoms with Crippen molar-refractivity contribution in [3.63, 3.8) is 0 Å². The van der Waals surface area contributed by atoms with Crippen molar-refractivity contribution in [3.05, 3.63) is 22.3 Å². The Hall–Kier alpha value is -0.820. The zero-order chi connectivity index (χ0) is 13.9. The van der Waals surface area contributed by atoms with E-state index in [1.807, 2.05) is 0 Å². The molecule has 1 saturated heterocycles. The summed E-state index contributed by atoms with van der Waals surface area (Å²) in [5.41, 5.74) is -0.730. The number of hydrogen-bond acceptors (Lipinski definition) is 3. The molecule has 1 atom stereocenters. The van der Waals surface area contributed by atoms with E-state index in [0.29, 0.717) is 16.9 Å². The van der Waals surface area contributed by atoms with Crippen molar-refractivity contribution in [3.8, 4) is 0 Å². The van der Waals surface area contributed by atoms with Crippen LogP contribution in [0.1, 0.15) is 18.4 Å². The summed E-state index contributed by atoms with van der Waals surface area (Å²) < 4.78 is 38.9. The summed E-state index contributed by atoms with van der Waals surface area (Å²) in [6.07, 6.45) is -1.09. The highest BCUT2D eigenvalue weighted by atomic mass is 79.9. The number of halogens is 4. The number of anilines is 1. The Morgan fingerprint density at radius 1 is 1.47 bits per heavy atom. The van der Waals surface area contributed by atoms with Crippen LogP contribution in [0.4, 0.5) is 19.0 Å². The van der Waals surface area contributed by atoms with E-state index in [0.717, 1.165) is 32.0 Å². The normalized spacial score (nSPS) is 19.7. The maximum atomic E-state index is 12.8. The van der Waals surface area contributed by atoms with Crippen molar-refractivity contribution in [1.29, 1.82) is 0 Å². The fourth-order valence-electron chi connectivity index (χ4n) is 2.15. The van der Waals surface area contributed by atoms with Gasteiger partial charge in [-0.3, -0.25) is 0 Å². The summed E-state index contributed by atoms with van der Waals surface area (Å²) in [4.78, 5) is 3.82. The molecule has 3 nitrogen and oxygen atoms in total. The molecule has 0 saturated carbocycles. The zero-order valence-corrected chi connectivity index (χ0v) is 11.8. The number of nitrogens with zero attached hydrogens (tertiary/aromatic N) is 1. The summed E-state index contributed by atoms with van der Waals surface area (Å²) in [5.74, 6) is 0.443. The molecule has 1 aromatic rings. The summed E-state index contributed by atoms with van der Waals surface area (Å²) in [6.45, 7) is 2.45. The van der Waals surface area contributed by atoms with Crippen LogP contribution in [0.25, 0.3) is 0 Å². The van der Waals surface area contributed by atoms with E-state index in [4.69, 9.17) is 0 Å². The highest BCUT2D eigenvalue weighted by Gasteiger charge is 2.34. The maximum Gasteiger partial charge on any atom is 0.419 e. The molecule has 1 fully saturated rings. The molecule has 1 aliphatic rings. The molecule has 2 heterocycles. The molecule has 0 radical (unpaired) electrons. The van der Waals surface area contributed by atoms with Gasteiger partial charge in [-0.25, -0.2) is 4.98 Å². The molecule has 0 amide bonds. The van der Waals surface area contributed by atoms with Crippen molar-refractivity contribution < 1.29 is 13.2 Å². The third-order valence-corrected chi connectivity index (χ3v) is 3.60. The lowest BCUT2D eigenvalue weighted by atomic mass is 10.1. The van der Waals surface area contributed by atoms with E-state index in [2.05, 4.69) is 31.5 Å². The predicted octanol–water partition coefficient (Wildman–Crippen LogP) is 3.27. The molecule has 1 aliphatic heterocycles. The minimum Gasteiger partial charge on any atom is -0.370 e. The van der Waals surface area contributed by atoms with Crippen LogP contribution in [0.2, 0.25) is 0 Å². The van der Waals surface area contributed by atoms with Gasteiger partial charge in [0, 0.05) is 17.2 Å². The smallest absolute Gasteiger partial charge is 0.370 e. The first-order chi connectivity index (χ1) is 8.97. The molecule has 0 aliphatic carbocycles. The van der Waals surface area contributed by atoms with Crippen LogP contribution >= 0.6 is 15.9 Å². The number of hydrogen-bond donors (Lipinski definition) is 2. The first kappa shape index (κ1) is 14.6. The summed E-state index contributed by atoms with van der Waals surface area (Å²) >= 11 is 3.01. The van der Waals surface area contributed by atoms with Crippen LogP contribution in [-0.4, -0.2) is 24.6 Å². The molecule has 0 bridgehead atoms. The van der Waals surface area contributed by atoms with E-state index in [-0.39, 0.29) is 5.82 Å². The second-order valence-corrected chi connectivity index (χ2v) is 5.54. The highest BCUT2D eigenvalue weighted by molar-refractivity contribution is 9.10. The Morgan fingerprint density at radius 3 is 2.89 bits per heavy atom. The van der Waals surface area contributed by atoms with Gasteiger partial charge in [0.15, 0.2) is 0 Å². The Labute approximate surface area is 118 Å². The molecular formula is C12H15BrF3N3. The van der Waals surface area contributed by atoms with E-state index < -0.39 is 11.7 Å². The average molecular weight is 338 g/mol. The second-order valence-electron chi connectivity index (χ2n) is 4.62. The van der Waals surface area contributed by atoms with Crippen LogP contribution in [0.3, 0.4) is 0 Å². The standard InChI is InChI=1S/C12H15BrF3N3/c13-9-5-10(12(14,15)16)11(19-7-9)18-4-2-8-1-3-17-6-8/h5,7-8,17H,1-4,6H2,(H,18,19). The van der Waals surface area contributed by atoms with E-state index >= 15 is 0 Å². The van der Waals surface area contributed by atoms with Crippen LogP contribution in [0.15, 0.2) is 16.7 Å². The molecule has 7 heteroatoms. The zero-order valence-electron chi connectivity index (χ0n) is 10.2. The van der Waals surface area contributed by atoms with Crippen LogP contribution < -0.4 is 10.6 Å². The van der Waals surface area contributed by atoms with Crippen molar-refractivity contribution in [2.75, 3.05) is 25.0 Å². The van der Waals surface area contributed by atoms with E-state index in [1.165, 1.54) is 6.20 Å².